The van der Waals surface area contributed by atoms with E-state index in [2.05, 4.69) is 45.2 Å². The van der Waals surface area contributed by atoms with Crippen molar-refractivity contribution in [2.45, 2.75) is 198 Å². The van der Waals surface area contributed by atoms with Crippen LogP contribution in [0.4, 0.5) is 0 Å². The zero-order valence-corrected chi connectivity index (χ0v) is 40.2. The molecule has 2 bridgehead atoms. The lowest BCUT2D eigenvalue weighted by molar-refractivity contribution is -0.311. The zero-order valence-electron chi connectivity index (χ0n) is 40.2. The van der Waals surface area contributed by atoms with Gasteiger partial charge in [-0.1, -0.05) is 70.6 Å². The van der Waals surface area contributed by atoms with E-state index in [-0.39, 0.29) is 61.0 Å². The fourth-order valence-electron chi connectivity index (χ4n) is 11.0. The number of fused-ring (bicyclic) bond motifs is 2. The number of rotatable bonds is 9. The number of nitrogens with one attached hydrogen (secondary N) is 1. The lowest BCUT2D eigenvalue weighted by Crippen LogP contribution is -2.58. The topological polar surface area (TPSA) is 179 Å². The summed E-state index contributed by atoms with van der Waals surface area (Å²) in [6.45, 7) is 17.7. The van der Waals surface area contributed by atoms with Crippen molar-refractivity contribution in [3.05, 3.63) is 59.3 Å². The van der Waals surface area contributed by atoms with E-state index in [1.807, 2.05) is 39.0 Å². The molecule has 6 aliphatic heterocycles. The molecule has 0 radical (unpaired) electrons. The molecule has 20 atom stereocenters. The number of esters is 1. The summed E-state index contributed by atoms with van der Waals surface area (Å²) < 4.78 is 64.4. The minimum absolute atomic E-state index is 0.0270. The van der Waals surface area contributed by atoms with Crippen LogP contribution in [0.5, 0.6) is 0 Å². The van der Waals surface area contributed by atoms with E-state index < -0.39 is 84.7 Å². The van der Waals surface area contributed by atoms with Crippen molar-refractivity contribution in [3.8, 4) is 0 Å². The molecule has 6 heterocycles. The lowest BCUT2D eigenvalue weighted by Gasteiger charge is -2.48. The van der Waals surface area contributed by atoms with Crippen LogP contribution in [0.3, 0.4) is 0 Å². The number of methoxy groups -OCH3 is 2. The molecule has 3 N–H and O–H groups in total. The number of hydrogen-bond donors (Lipinski definition) is 3. The van der Waals surface area contributed by atoms with Crippen molar-refractivity contribution < 1.29 is 67.2 Å². The predicted molar refractivity (Wildman–Crippen MR) is 239 cm³/mol. The van der Waals surface area contributed by atoms with Gasteiger partial charge < -0.3 is 62.9 Å². The van der Waals surface area contributed by atoms with Crippen molar-refractivity contribution in [2.24, 2.45) is 23.7 Å². The van der Waals surface area contributed by atoms with E-state index in [0.29, 0.717) is 36.8 Å². The van der Waals surface area contributed by atoms with Gasteiger partial charge in [0.15, 0.2) is 18.4 Å². The van der Waals surface area contributed by atoms with Gasteiger partial charge in [-0.25, -0.2) is 0 Å². The number of amides is 1. The molecule has 7 aliphatic rings. The Morgan fingerprint density at radius 3 is 2.35 bits per heavy atom. The molecule has 364 valence electrons. The summed E-state index contributed by atoms with van der Waals surface area (Å²) in [6.07, 6.45) is 9.46. The lowest BCUT2D eigenvalue weighted by atomic mass is 9.71. The maximum atomic E-state index is 14.4. The third kappa shape index (κ3) is 10.6. The average molecular weight is 914 g/mol. The standard InChI is InChI=1S/C50H75NO14/c1-12-26(2)45-29(5)18-19-49(65-45)24-36-21-35(64-49)17-16-28(4)44(27(3)14-13-15-34-25-58-47-43(53)30(6)20-37(48(54)61-36)50(34,47)55)62-41-23-39(57-11)46(32(8)60-41)63-40-22-38(56-10)42(31(7)59-40)51-33(9)52/h13-16,18-20,26-27,29,31-32,35-47,53,55H,12,17,21-25H2,1-11H3,(H,51,52)/b14-13-,28-16-,34-15-/t26-,27-,29-,31-,32-,35+,36-,37-,38-,39-,40-,41-,42+,43+,44-,45+,46-,47+,49+,50+/m0/s1. The number of allylic oxidation sites excluding steroid dienone is 2. The fraction of sp³-hybridized carbons (Fsp3) is 0.760. The van der Waals surface area contributed by atoms with Gasteiger partial charge >= 0.3 is 5.97 Å². The van der Waals surface area contributed by atoms with Crippen LogP contribution in [0.2, 0.25) is 0 Å². The highest BCUT2D eigenvalue weighted by Crippen LogP contribution is 2.47. The molecule has 4 fully saturated rings. The van der Waals surface area contributed by atoms with Crippen molar-refractivity contribution in [1.29, 1.82) is 0 Å². The summed E-state index contributed by atoms with van der Waals surface area (Å²) >= 11 is 0. The minimum atomic E-state index is -1.84. The zero-order chi connectivity index (χ0) is 47.0. The Morgan fingerprint density at radius 2 is 1.65 bits per heavy atom. The Morgan fingerprint density at radius 1 is 0.938 bits per heavy atom. The average Bonchev–Trinajstić information content (AvgIpc) is 3.61. The summed E-state index contributed by atoms with van der Waals surface area (Å²) in [5.41, 5.74) is 0.116. The summed E-state index contributed by atoms with van der Waals surface area (Å²) in [5, 5.41) is 26.7. The smallest absolute Gasteiger partial charge is 0.316 e. The Kier molecular flexibility index (Phi) is 16.0. The molecule has 1 aliphatic carbocycles. The van der Waals surface area contributed by atoms with Gasteiger partial charge in [-0.3, -0.25) is 9.59 Å². The predicted octanol–water partition coefficient (Wildman–Crippen LogP) is 5.52. The van der Waals surface area contributed by atoms with Crippen LogP contribution in [0, 0.1) is 23.7 Å². The van der Waals surface area contributed by atoms with Gasteiger partial charge in [-0.15, -0.1) is 0 Å². The Hall–Kier alpha value is -2.80. The van der Waals surface area contributed by atoms with Crippen molar-refractivity contribution in [2.75, 3.05) is 20.8 Å². The normalized spacial score (nSPS) is 47.3. The molecule has 0 aromatic heterocycles. The summed E-state index contributed by atoms with van der Waals surface area (Å²) in [5.74, 6) is -2.75. The molecular formula is C50H75NO14. The molecule has 1 amide bonds. The number of aliphatic hydroxyl groups is 2. The largest absolute Gasteiger partial charge is 0.462 e. The monoisotopic (exact) mass is 914 g/mol. The molecule has 0 unspecified atom stereocenters. The number of ether oxygens (including phenoxy) is 10. The second kappa shape index (κ2) is 20.8. The second-order valence-electron chi connectivity index (χ2n) is 19.7. The maximum Gasteiger partial charge on any atom is 0.316 e. The first-order valence-corrected chi connectivity index (χ1v) is 23.8. The molecule has 15 nitrogen and oxygen atoms in total. The summed E-state index contributed by atoms with van der Waals surface area (Å²) in [4.78, 5) is 26.3. The summed E-state index contributed by atoms with van der Waals surface area (Å²) in [6, 6.07) is -0.315. The van der Waals surface area contributed by atoms with Crippen LogP contribution in [0.15, 0.2) is 59.3 Å². The molecule has 0 aromatic rings. The third-order valence-electron chi connectivity index (χ3n) is 14.9. The maximum absolute atomic E-state index is 14.4. The third-order valence-corrected chi connectivity index (χ3v) is 14.9. The fourth-order valence-corrected chi connectivity index (χ4v) is 11.0. The number of carbonyl (C=O) groups excluding carboxylic acids is 2. The summed E-state index contributed by atoms with van der Waals surface area (Å²) in [7, 11) is 3.27. The van der Waals surface area contributed by atoms with Crippen LogP contribution >= 0.6 is 0 Å². The highest BCUT2D eigenvalue weighted by atomic mass is 16.7. The van der Waals surface area contributed by atoms with Crippen molar-refractivity contribution >= 4 is 11.9 Å². The molecular weight excluding hydrogens is 839 g/mol. The van der Waals surface area contributed by atoms with Crippen LogP contribution in [0.25, 0.3) is 0 Å². The molecule has 7 rings (SSSR count). The van der Waals surface area contributed by atoms with Crippen LogP contribution in [0.1, 0.15) is 101 Å². The molecule has 1 spiro atoms. The first-order valence-electron chi connectivity index (χ1n) is 23.8. The van der Waals surface area contributed by atoms with Gasteiger partial charge in [0.1, 0.15) is 35.9 Å². The molecule has 4 saturated heterocycles. The number of aliphatic hydroxyl groups excluding tert-OH is 1. The quantitative estimate of drug-likeness (QED) is 0.195. The molecule has 65 heavy (non-hydrogen) atoms. The van der Waals surface area contributed by atoms with Crippen LogP contribution in [-0.2, 0) is 57.0 Å². The van der Waals surface area contributed by atoms with E-state index in [4.69, 9.17) is 47.4 Å². The highest BCUT2D eigenvalue weighted by molar-refractivity contribution is 5.78. The van der Waals surface area contributed by atoms with Gasteiger partial charge in [0, 0.05) is 58.7 Å². The van der Waals surface area contributed by atoms with E-state index >= 15 is 0 Å². The van der Waals surface area contributed by atoms with Crippen LogP contribution in [-0.4, -0.2) is 140 Å². The van der Waals surface area contributed by atoms with Gasteiger partial charge in [0.25, 0.3) is 0 Å². The Balaban J connectivity index is 1.16. The number of hydrogen-bond acceptors (Lipinski definition) is 14. The van der Waals surface area contributed by atoms with Gasteiger partial charge in [-0.05, 0) is 62.8 Å². The highest BCUT2D eigenvalue weighted by Gasteiger charge is 2.60. The molecule has 15 heteroatoms. The molecule has 0 aromatic carbocycles. The minimum Gasteiger partial charge on any atom is -0.462 e. The van der Waals surface area contributed by atoms with Crippen LogP contribution < -0.4 is 5.32 Å². The van der Waals surface area contributed by atoms with Gasteiger partial charge in [0.05, 0.1) is 55.4 Å². The Labute approximate surface area is 385 Å². The van der Waals surface area contributed by atoms with E-state index in [1.54, 1.807) is 33.3 Å². The second-order valence-corrected chi connectivity index (χ2v) is 19.7. The van der Waals surface area contributed by atoms with Crippen molar-refractivity contribution in [3.63, 3.8) is 0 Å². The number of carbonyl (C=O) groups is 2. The first-order chi connectivity index (χ1) is 30.9. The van der Waals surface area contributed by atoms with E-state index in [1.165, 1.54) is 6.92 Å². The van der Waals surface area contributed by atoms with E-state index in [9.17, 15) is 19.8 Å². The van der Waals surface area contributed by atoms with E-state index in [0.717, 1.165) is 12.0 Å². The Bertz CT molecular complexity index is 1850. The SMILES string of the molecule is CC[C@H](C)[C@H]1O[C@]2(C=C[C@@H]1C)C[C@@H]1C[C@@H](C/C=C(/C)[C@@H](O[C@H]3C[C@H](OC)[C@@H](O[C@H]4C[C@H](OC)[C@H](NC(C)=O)[C@H](C)O4)[C@H](C)O3)[C@@H](C)/C=C\C=C3\CO[C@@H]4[C@H](O)C(C)=C[C@@H](C(=O)O1)[C@]34O)O2. The first kappa shape index (κ1) is 50.1. The molecule has 0 saturated carbocycles. The van der Waals surface area contributed by atoms with Crippen molar-refractivity contribution in [1.82, 2.24) is 5.32 Å². The van der Waals surface area contributed by atoms with Gasteiger partial charge in [-0.2, -0.15) is 0 Å². The van der Waals surface area contributed by atoms with Gasteiger partial charge in [0.2, 0.25) is 5.91 Å².